The van der Waals surface area contributed by atoms with Gasteiger partial charge in [0.05, 0.1) is 6.10 Å². The second-order valence-electron chi connectivity index (χ2n) is 5.33. The standard InChI is InChI=1S/C13H25NO/c1-2-13(7-3-4-8-13)11-14-10-12-6-5-9-15-12/h12,14H,2-11H2,1H3. The fraction of sp³-hybridized carbons (Fsp3) is 1.00. The molecular formula is C13H25NO. The van der Waals surface area contributed by atoms with Crippen molar-refractivity contribution in [3.05, 3.63) is 0 Å². The van der Waals surface area contributed by atoms with Crippen LogP contribution in [0.5, 0.6) is 0 Å². The molecule has 0 amide bonds. The molecule has 15 heavy (non-hydrogen) atoms. The Bertz CT molecular complexity index is 181. The SMILES string of the molecule is CCC1(CNCC2CCCO2)CCCC1. The van der Waals surface area contributed by atoms with Gasteiger partial charge in [0.2, 0.25) is 0 Å². The van der Waals surface area contributed by atoms with Gasteiger partial charge in [0.15, 0.2) is 0 Å². The summed E-state index contributed by atoms with van der Waals surface area (Å²) in [5, 5.41) is 3.64. The molecule has 0 aromatic carbocycles. The summed E-state index contributed by atoms with van der Waals surface area (Å²) in [6, 6.07) is 0. The highest BCUT2D eigenvalue weighted by molar-refractivity contribution is 4.85. The van der Waals surface area contributed by atoms with Gasteiger partial charge in [-0.25, -0.2) is 0 Å². The molecule has 0 aromatic rings. The smallest absolute Gasteiger partial charge is 0.0700 e. The van der Waals surface area contributed by atoms with E-state index in [0.29, 0.717) is 11.5 Å². The lowest BCUT2D eigenvalue weighted by atomic mass is 9.83. The third-order valence-electron chi connectivity index (χ3n) is 4.31. The van der Waals surface area contributed by atoms with Crippen LogP contribution in [-0.2, 0) is 4.74 Å². The number of ether oxygens (including phenoxy) is 1. The average molecular weight is 211 g/mol. The van der Waals surface area contributed by atoms with Gasteiger partial charge in [0.1, 0.15) is 0 Å². The molecule has 2 heteroatoms. The van der Waals surface area contributed by atoms with Gasteiger partial charge >= 0.3 is 0 Å². The summed E-state index contributed by atoms with van der Waals surface area (Å²) in [6.45, 7) is 5.61. The molecule has 0 spiro atoms. The van der Waals surface area contributed by atoms with Gasteiger partial charge in [-0.3, -0.25) is 0 Å². The Morgan fingerprint density at radius 3 is 2.67 bits per heavy atom. The van der Waals surface area contributed by atoms with Crippen LogP contribution in [0.15, 0.2) is 0 Å². The van der Waals surface area contributed by atoms with Gasteiger partial charge in [0.25, 0.3) is 0 Å². The molecule has 1 aliphatic heterocycles. The molecule has 88 valence electrons. The molecule has 0 bridgehead atoms. The lowest BCUT2D eigenvalue weighted by Crippen LogP contribution is -2.36. The van der Waals surface area contributed by atoms with Gasteiger partial charge in [-0.2, -0.15) is 0 Å². The van der Waals surface area contributed by atoms with Crippen molar-refractivity contribution in [3.63, 3.8) is 0 Å². The summed E-state index contributed by atoms with van der Waals surface area (Å²) in [5.41, 5.74) is 0.624. The predicted octanol–water partition coefficient (Wildman–Crippen LogP) is 2.73. The lowest BCUT2D eigenvalue weighted by Gasteiger charge is -2.28. The Morgan fingerprint density at radius 1 is 1.27 bits per heavy atom. The summed E-state index contributed by atoms with van der Waals surface area (Å²) >= 11 is 0. The van der Waals surface area contributed by atoms with Gasteiger partial charge < -0.3 is 10.1 Å². The van der Waals surface area contributed by atoms with Crippen molar-refractivity contribution < 1.29 is 4.74 Å². The molecule has 1 aliphatic carbocycles. The summed E-state index contributed by atoms with van der Waals surface area (Å²) in [7, 11) is 0. The van der Waals surface area contributed by atoms with Crippen molar-refractivity contribution in [2.75, 3.05) is 19.7 Å². The summed E-state index contributed by atoms with van der Waals surface area (Å²) < 4.78 is 5.62. The van der Waals surface area contributed by atoms with Crippen LogP contribution >= 0.6 is 0 Å². The van der Waals surface area contributed by atoms with E-state index >= 15 is 0 Å². The van der Waals surface area contributed by atoms with E-state index < -0.39 is 0 Å². The number of nitrogens with one attached hydrogen (secondary N) is 1. The molecule has 1 saturated carbocycles. The fourth-order valence-corrected chi connectivity index (χ4v) is 3.08. The van der Waals surface area contributed by atoms with Crippen LogP contribution < -0.4 is 5.32 Å². The van der Waals surface area contributed by atoms with Crippen LogP contribution in [-0.4, -0.2) is 25.8 Å². The third kappa shape index (κ3) is 2.94. The van der Waals surface area contributed by atoms with E-state index in [2.05, 4.69) is 12.2 Å². The Kier molecular flexibility index (Phi) is 4.04. The van der Waals surface area contributed by atoms with Crippen LogP contribution in [0, 0.1) is 5.41 Å². The summed E-state index contributed by atoms with van der Waals surface area (Å²) in [6.07, 6.45) is 10.1. The Morgan fingerprint density at radius 2 is 2.07 bits per heavy atom. The number of hydrogen-bond acceptors (Lipinski definition) is 2. The molecule has 1 saturated heterocycles. The maximum absolute atomic E-state index is 5.62. The molecule has 2 aliphatic rings. The van der Waals surface area contributed by atoms with Crippen LogP contribution in [0.1, 0.15) is 51.9 Å². The topological polar surface area (TPSA) is 21.3 Å². The zero-order valence-corrected chi connectivity index (χ0v) is 10.1. The molecule has 0 radical (unpaired) electrons. The van der Waals surface area contributed by atoms with E-state index in [9.17, 15) is 0 Å². The summed E-state index contributed by atoms with van der Waals surface area (Å²) in [4.78, 5) is 0. The minimum Gasteiger partial charge on any atom is -0.377 e. The molecule has 1 atom stereocenters. The maximum atomic E-state index is 5.62. The minimum absolute atomic E-state index is 0.500. The molecule has 0 aromatic heterocycles. The van der Waals surface area contributed by atoms with Crippen molar-refractivity contribution in [1.82, 2.24) is 5.32 Å². The molecule has 2 fully saturated rings. The van der Waals surface area contributed by atoms with E-state index in [0.717, 1.165) is 13.2 Å². The zero-order chi connectivity index (χ0) is 10.6. The van der Waals surface area contributed by atoms with Crippen molar-refractivity contribution in [3.8, 4) is 0 Å². The molecule has 1 heterocycles. The van der Waals surface area contributed by atoms with Crippen LogP contribution in [0.4, 0.5) is 0 Å². The first-order valence-electron chi connectivity index (χ1n) is 6.67. The van der Waals surface area contributed by atoms with Crippen LogP contribution in [0.3, 0.4) is 0 Å². The van der Waals surface area contributed by atoms with Gasteiger partial charge in [-0.1, -0.05) is 19.8 Å². The molecule has 2 nitrogen and oxygen atoms in total. The van der Waals surface area contributed by atoms with Gasteiger partial charge in [-0.15, -0.1) is 0 Å². The lowest BCUT2D eigenvalue weighted by molar-refractivity contribution is 0.106. The van der Waals surface area contributed by atoms with E-state index in [-0.39, 0.29) is 0 Å². The highest BCUT2D eigenvalue weighted by Crippen LogP contribution is 2.40. The largest absolute Gasteiger partial charge is 0.377 e. The first-order valence-corrected chi connectivity index (χ1v) is 6.67. The van der Waals surface area contributed by atoms with Crippen molar-refractivity contribution in [2.45, 2.75) is 58.0 Å². The minimum atomic E-state index is 0.500. The highest BCUT2D eigenvalue weighted by Gasteiger charge is 2.31. The second-order valence-corrected chi connectivity index (χ2v) is 5.33. The van der Waals surface area contributed by atoms with E-state index in [1.165, 1.54) is 51.5 Å². The first-order chi connectivity index (χ1) is 7.35. The van der Waals surface area contributed by atoms with Crippen molar-refractivity contribution in [1.29, 1.82) is 0 Å². The fourth-order valence-electron chi connectivity index (χ4n) is 3.08. The number of hydrogen-bond donors (Lipinski definition) is 1. The molecular weight excluding hydrogens is 186 g/mol. The van der Waals surface area contributed by atoms with Crippen molar-refractivity contribution >= 4 is 0 Å². The Labute approximate surface area is 93.8 Å². The summed E-state index contributed by atoms with van der Waals surface area (Å²) in [5.74, 6) is 0. The monoisotopic (exact) mass is 211 g/mol. The second kappa shape index (κ2) is 5.31. The van der Waals surface area contributed by atoms with E-state index in [1.54, 1.807) is 0 Å². The van der Waals surface area contributed by atoms with Crippen molar-refractivity contribution in [2.24, 2.45) is 5.41 Å². The van der Waals surface area contributed by atoms with Crippen LogP contribution in [0.25, 0.3) is 0 Å². The quantitative estimate of drug-likeness (QED) is 0.755. The average Bonchev–Trinajstić information content (AvgIpc) is 2.89. The Balaban J connectivity index is 1.67. The molecule has 1 unspecified atom stereocenters. The first kappa shape index (κ1) is 11.4. The normalized spacial score (nSPS) is 29.8. The zero-order valence-electron chi connectivity index (χ0n) is 10.1. The maximum Gasteiger partial charge on any atom is 0.0700 e. The third-order valence-corrected chi connectivity index (χ3v) is 4.31. The molecule has 1 N–H and O–H groups in total. The van der Waals surface area contributed by atoms with E-state index in [1.807, 2.05) is 0 Å². The van der Waals surface area contributed by atoms with Gasteiger partial charge in [-0.05, 0) is 37.5 Å². The highest BCUT2D eigenvalue weighted by atomic mass is 16.5. The predicted molar refractivity (Wildman–Crippen MR) is 63.0 cm³/mol. The Hall–Kier alpha value is -0.0800. The molecule has 2 rings (SSSR count). The van der Waals surface area contributed by atoms with Crippen LogP contribution in [0.2, 0.25) is 0 Å². The van der Waals surface area contributed by atoms with E-state index in [4.69, 9.17) is 4.74 Å². The number of rotatable bonds is 5. The van der Waals surface area contributed by atoms with Gasteiger partial charge in [0, 0.05) is 19.7 Å².